The third kappa shape index (κ3) is 1.93. The first-order valence-corrected chi connectivity index (χ1v) is 9.33. The van der Waals surface area contributed by atoms with E-state index in [4.69, 9.17) is 0 Å². The number of aliphatic hydroxyl groups excluding tert-OH is 1. The van der Waals surface area contributed by atoms with E-state index in [0.717, 1.165) is 32.1 Å². The van der Waals surface area contributed by atoms with Gasteiger partial charge in [0.25, 0.3) is 0 Å². The fourth-order valence-corrected chi connectivity index (χ4v) is 6.91. The van der Waals surface area contributed by atoms with E-state index in [1.807, 2.05) is 13.0 Å². The van der Waals surface area contributed by atoms with Crippen LogP contribution >= 0.6 is 0 Å². The first kappa shape index (κ1) is 15.8. The summed E-state index contributed by atoms with van der Waals surface area (Å²) in [7, 11) is 0. The molecule has 0 aromatic heterocycles. The Morgan fingerprint density at radius 2 is 1.87 bits per heavy atom. The van der Waals surface area contributed by atoms with Crippen LogP contribution in [0, 0.1) is 28.6 Å². The molecular weight excluding hydrogens is 288 g/mol. The Kier molecular flexibility index (Phi) is 3.23. The molecule has 0 aromatic carbocycles. The van der Waals surface area contributed by atoms with Crippen molar-refractivity contribution in [2.45, 2.75) is 77.4 Å². The molecule has 3 fully saturated rings. The summed E-state index contributed by atoms with van der Waals surface area (Å²) >= 11 is 0. The summed E-state index contributed by atoms with van der Waals surface area (Å²) in [6, 6.07) is 0. The maximum absolute atomic E-state index is 11.8. The van der Waals surface area contributed by atoms with Gasteiger partial charge in [0.15, 0.2) is 5.78 Å². The van der Waals surface area contributed by atoms with E-state index in [1.165, 1.54) is 5.57 Å². The van der Waals surface area contributed by atoms with Crippen LogP contribution in [0.3, 0.4) is 0 Å². The Bertz CT molecular complexity index is 577. The number of aliphatic hydroxyl groups is 2. The summed E-state index contributed by atoms with van der Waals surface area (Å²) in [4.78, 5) is 11.8. The van der Waals surface area contributed by atoms with E-state index in [1.54, 1.807) is 0 Å². The maximum atomic E-state index is 11.8. The summed E-state index contributed by atoms with van der Waals surface area (Å²) in [6.45, 7) is 6.44. The van der Waals surface area contributed by atoms with E-state index in [9.17, 15) is 15.0 Å². The minimum Gasteiger partial charge on any atom is -0.393 e. The van der Waals surface area contributed by atoms with Crippen LogP contribution in [0.5, 0.6) is 0 Å². The zero-order valence-electron chi connectivity index (χ0n) is 14.6. The van der Waals surface area contributed by atoms with Crippen LogP contribution in [-0.4, -0.2) is 27.7 Å². The van der Waals surface area contributed by atoms with Crippen molar-refractivity contribution in [3.05, 3.63) is 11.6 Å². The molecule has 0 saturated heterocycles. The second kappa shape index (κ2) is 4.70. The van der Waals surface area contributed by atoms with Gasteiger partial charge in [0.2, 0.25) is 0 Å². The van der Waals surface area contributed by atoms with Gasteiger partial charge in [-0.25, -0.2) is 0 Å². The molecule has 7 atom stereocenters. The summed E-state index contributed by atoms with van der Waals surface area (Å²) in [6.07, 6.45) is 7.69. The summed E-state index contributed by atoms with van der Waals surface area (Å²) in [5.74, 6) is 1.49. The molecule has 0 aliphatic heterocycles. The predicted octanol–water partition coefficient (Wildman–Crippen LogP) is 3.24. The Labute approximate surface area is 139 Å². The fourth-order valence-electron chi connectivity index (χ4n) is 6.91. The van der Waals surface area contributed by atoms with Crippen LogP contribution in [0.25, 0.3) is 0 Å². The largest absolute Gasteiger partial charge is 0.393 e. The second-order valence-corrected chi connectivity index (χ2v) is 9.39. The normalized spacial score (nSPS) is 55.7. The molecule has 4 rings (SSSR count). The SMILES string of the molecule is C[C@]12CCC(=O)C=C1CC[C@@H]1[C@@H]2C(O)C[C@@]2(C)[C@H]1CC[C@]2(C)O. The van der Waals surface area contributed by atoms with Gasteiger partial charge < -0.3 is 10.2 Å². The van der Waals surface area contributed by atoms with Crippen molar-refractivity contribution in [1.29, 1.82) is 0 Å². The molecule has 0 bridgehead atoms. The van der Waals surface area contributed by atoms with Crippen LogP contribution in [0.1, 0.15) is 65.7 Å². The molecule has 0 radical (unpaired) electrons. The molecule has 4 aliphatic rings. The van der Waals surface area contributed by atoms with Crippen LogP contribution in [0.4, 0.5) is 0 Å². The number of fused-ring (bicyclic) bond motifs is 5. The molecule has 0 aromatic rings. The van der Waals surface area contributed by atoms with Crippen molar-refractivity contribution in [2.24, 2.45) is 28.6 Å². The van der Waals surface area contributed by atoms with Gasteiger partial charge >= 0.3 is 0 Å². The summed E-state index contributed by atoms with van der Waals surface area (Å²) in [5.41, 5.74) is 0.424. The average Bonchev–Trinajstić information content (AvgIpc) is 2.69. The molecule has 2 N–H and O–H groups in total. The number of hydrogen-bond acceptors (Lipinski definition) is 3. The van der Waals surface area contributed by atoms with Crippen molar-refractivity contribution in [1.82, 2.24) is 0 Å². The molecule has 128 valence electrons. The lowest BCUT2D eigenvalue weighted by molar-refractivity contribution is -0.166. The Hall–Kier alpha value is -0.670. The summed E-state index contributed by atoms with van der Waals surface area (Å²) in [5, 5.41) is 22.0. The number of ketones is 1. The zero-order chi connectivity index (χ0) is 16.6. The lowest BCUT2D eigenvalue weighted by Crippen LogP contribution is -2.59. The molecule has 3 nitrogen and oxygen atoms in total. The molecule has 1 unspecified atom stereocenters. The van der Waals surface area contributed by atoms with Crippen molar-refractivity contribution in [3.8, 4) is 0 Å². The van der Waals surface area contributed by atoms with Gasteiger partial charge in [-0.2, -0.15) is 0 Å². The lowest BCUT2D eigenvalue weighted by Gasteiger charge is -2.60. The van der Waals surface area contributed by atoms with Gasteiger partial charge in [0.1, 0.15) is 0 Å². The fraction of sp³-hybridized carbons (Fsp3) is 0.850. The summed E-state index contributed by atoms with van der Waals surface area (Å²) < 4.78 is 0. The number of allylic oxidation sites excluding steroid dienone is 1. The Balaban J connectivity index is 1.75. The minimum absolute atomic E-state index is 0.0218. The second-order valence-electron chi connectivity index (χ2n) is 9.39. The number of rotatable bonds is 0. The van der Waals surface area contributed by atoms with Gasteiger partial charge in [-0.05, 0) is 74.7 Å². The zero-order valence-corrected chi connectivity index (χ0v) is 14.6. The standard InChI is InChI=1S/C20H30O3/c1-18-8-6-13(21)10-12(18)4-5-14-15-7-9-20(3,23)19(15,2)11-16(22)17(14)18/h10,14-17,22-23H,4-9,11H2,1-3H3/t14-,15-,16?,17+,18-,19-,20-/m0/s1. The molecule has 4 aliphatic carbocycles. The molecule has 23 heavy (non-hydrogen) atoms. The lowest BCUT2D eigenvalue weighted by atomic mass is 9.45. The highest BCUT2D eigenvalue weighted by Gasteiger charge is 2.64. The van der Waals surface area contributed by atoms with Crippen molar-refractivity contribution in [2.75, 3.05) is 0 Å². The Morgan fingerprint density at radius 3 is 2.61 bits per heavy atom. The maximum Gasteiger partial charge on any atom is 0.155 e. The van der Waals surface area contributed by atoms with Crippen LogP contribution in [-0.2, 0) is 4.79 Å². The molecule has 0 amide bonds. The van der Waals surface area contributed by atoms with Gasteiger partial charge in [0.05, 0.1) is 11.7 Å². The molecule has 0 spiro atoms. The van der Waals surface area contributed by atoms with Gasteiger partial charge in [0, 0.05) is 11.8 Å². The highest BCUT2D eigenvalue weighted by atomic mass is 16.3. The molecular formula is C20H30O3. The van der Waals surface area contributed by atoms with Crippen LogP contribution in [0.2, 0.25) is 0 Å². The van der Waals surface area contributed by atoms with Crippen molar-refractivity contribution >= 4 is 5.78 Å². The topological polar surface area (TPSA) is 57.5 Å². The first-order chi connectivity index (χ1) is 10.7. The van der Waals surface area contributed by atoms with Crippen molar-refractivity contribution < 1.29 is 15.0 Å². The molecule has 3 heteroatoms. The van der Waals surface area contributed by atoms with E-state index >= 15 is 0 Å². The molecule has 0 heterocycles. The minimum atomic E-state index is -0.664. The van der Waals surface area contributed by atoms with Crippen molar-refractivity contribution in [3.63, 3.8) is 0 Å². The Morgan fingerprint density at radius 1 is 1.13 bits per heavy atom. The third-order valence-corrected chi connectivity index (χ3v) is 8.46. The van der Waals surface area contributed by atoms with E-state index in [0.29, 0.717) is 24.7 Å². The van der Waals surface area contributed by atoms with Gasteiger partial charge in [-0.1, -0.05) is 19.4 Å². The van der Waals surface area contributed by atoms with Crippen LogP contribution in [0.15, 0.2) is 11.6 Å². The van der Waals surface area contributed by atoms with Gasteiger partial charge in [-0.15, -0.1) is 0 Å². The number of carbonyl (C=O) groups is 1. The highest BCUT2D eigenvalue weighted by Crippen LogP contribution is 2.67. The smallest absolute Gasteiger partial charge is 0.155 e. The average molecular weight is 318 g/mol. The van der Waals surface area contributed by atoms with E-state index < -0.39 is 5.60 Å². The molecule has 3 saturated carbocycles. The van der Waals surface area contributed by atoms with Gasteiger partial charge in [-0.3, -0.25) is 4.79 Å². The number of hydrogen-bond donors (Lipinski definition) is 2. The van der Waals surface area contributed by atoms with Crippen LogP contribution < -0.4 is 0 Å². The van der Waals surface area contributed by atoms with E-state index in [-0.39, 0.29) is 28.6 Å². The van der Waals surface area contributed by atoms with E-state index in [2.05, 4.69) is 13.8 Å². The third-order valence-electron chi connectivity index (χ3n) is 8.46. The first-order valence-electron chi connectivity index (χ1n) is 9.33. The predicted molar refractivity (Wildman–Crippen MR) is 88.7 cm³/mol. The quantitative estimate of drug-likeness (QED) is 0.721. The monoisotopic (exact) mass is 318 g/mol. The number of carbonyl (C=O) groups excluding carboxylic acids is 1. The highest BCUT2D eigenvalue weighted by molar-refractivity contribution is 5.91.